The highest BCUT2D eigenvalue weighted by atomic mass is 16.2. The van der Waals surface area contributed by atoms with Crippen LogP contribution in [0.25, 0.3) is 0 Å². The average molecular weight is 241 g/mol. The van der Waals surface area contributed by atoms with Gasteiger partial charge in [-0.3, -0.25) is 9.59 Å². The lowest BCUT2D eigenvalue weighted by Gasteiger charge is -2.15. The first-order chi connectivity index (χ1) is 8.56. The zero-order valence-electron chi connectivity index (χ0n) is 10.8. The summed E-state index contributed by atoms with van der Waals surface area (Å²) in [5.41, 5.74) is 3.21. The number of amides is 1. The van der Waals surface area contributed by atoms with Crippen LogP contribution in [0.2, 0.25) is 0 Å². The quantitative estimate of drug-likeness (QED) is 0.588. The number of hydrogen-bond donors (Lipinski definition) is 0. The molecule has 1 amide bonds. The van der Waals surface area contributed by atoms with Gasteiger partial charge >= 0.3 is 0 Å². The molecule has 2 rings (SSSR count). The van der Waals surface area contributed by atoms with Crippen LogP contribution in [0.5, 0.6) is 0 Å². The maximum atomic E-state index is 11.9. The lowest BCUT2D eigenvalue weighted by atomic mass is 10.0. The Kier molecular flexibility index (Phi) is 3.20. The van der Waals surface area contributed by atoms with Crippen molar-refractivity contribution < 1.29 is 9.59 Å². The zero-order chi connectivity index (χ0) is 13.3. The molecule has 0 saturated heterocycles. The number of aryl methyl sites for hydroxylation is 2. The van der Waals surface area contributed by atoms with Crippen molar-refractivity contribution in [2.24, 2.45) is 0 Å². The van der Waals surface area contributed by atoms with E-state index in [4.69, 9.17) is 0 Å². The fraction of sp³-hybridized carbons (Fsp3) is 0.333. The predicted molar refractivity (Wildman–Crippen MR) is 70.7 cm³/mol. The second kappa shape index (κ2) is 4.66. The first kappa shape index (κ1) is 12.4. The van der Waals surface area contributed by atoms with Gasteiger partial charge in [-0.25, -0.2) is 0 Å². The van der Waals surface area contributed by atoms with E-state index in [1.165, 1.54) is 0 Å². The Bertz CT molecular complexity index is 590. The number of rotatable bonds is 2. The standard InChI is InChI=1S/C15H15NO2/c1-4-5-6-7-16-12-9-10(2)8-11(3)13(12)14(17)15(16)18/h8-9H,6-7H2,1-3H3. The van der Waals surface area contributed by atoms with Crippen LogP contribution in [0.3, 0.4) is 0 Å². The highest BCUT2D eigenvalue weighted by Crippen LogP contribution is 2.32. The first-order valence-electron chi connectivity index (χ1n) is 5.93. The van der Waals surface area contributed by atoms with Crippen molar-refractivity contribution in [3.63, 3.8) is 0 Å². The number of hydrogen-bond acceptors (Lipinski definition) is 2. The van der Waals surface area contributed by atoms with Crippen molar-refractivity contribution in [1.29, 1.82) is 0 Å². The van der Waals surface area contributed by atoms with Gasteiger partial charge in [0.25, 0.3) is 11.7 Å². The molecule has 1 aromatic carbocycles. The van der Waals surface area contributed by atoms with Gasteiger partial charge in [0.1, 0.15) is 0 Å². The van der Waals surface area contributed by atoms with Crippen molar-refractivity contribution >= 4 is 17.4 Å². The van der Waals surface area contributed by atoms with Crippen molar-refractivity contribution in [2.75, 3.05) is 11.4 Å². The average Bonchev–Trinajstić information content (AvgIpc) is 2.54. The Balaban J connectivity index is 2.43. The maximum Gasteiger partial charge on any atom is 0.299 e. The van der Waals surface area contributed by atoms with E-state index in [1.807, 2.05) is 26.0 Å². The van der Waals surface area contributed by atoms with Gasteiger partial charge in [0.2, 0.25) is 0 Å². The van der Waals surface area contributed by atoms with Crippen LogP contribution in [-0.4, -0.2) is 18.2 Å². The van der Waals surface area contributed by atoms with Gasteiger partial charge in [-0.1, -0.05) is 6.07 Å². The highest BCUT2D eigenvalue weighted by molar-refractivity contribution is 6.52. The number of fused-ring (bicyclic) bond motifs is 1. The van der Waals surface area contributed by atoms with Crippen molar-refractivity contribution in [2.45, 2.75) is 27.2 Å². The van der Waals surface area contributed by atoms with E-state index in [0.29, 0.717) is 18.5 Å². The molecule has 1 aliphatic heterocycles. The third kappa shape index (κ3) is 1.91. The van der Waals surface area contributed by atoms with E-state index in [1.54, 1.807) is 11.8 Å². The van der Waals surface area contributed by atoms with E-state index in [-0.39, 0.29) is 0 Å². The minimum Gasteiger partial charge on any atom is -0.304 e. The summed E-state index contributed by atoms with van der Waals surface area (Å²) in [6.07, 6.45) is 0.585. The molecule has 0 aromatic heterocycles. The van der Waals surface area contributed by atoms with Crippen LogP contribution in [0.15, 0.2) is 12.1 Å². The Morgan fingerprint density at radius 1 is 1.22 bits per heavy atom. The summed E-state index contributed by atoms with van der Waals surface area (Å²) < 4.78 is 0. The van der Waals surface area contributed by atoms with Gasteiger partial charge in [0.05, 0.1) is 11.3 Å². The fourth-order valence-corrected chi connectivity index (χ4v) is 2.31. The van der Waals surface area contributed by atoms with Crippen LogP contribution >= 0.6 is 0 Å². The summed E-state index contributed by atoms with van der Waals surface area (Å²) >= 11 is 0. The second-order valence-corrected chi connectivity index (χ2v) is 4.44. The van der Waals surface area contributed by atoms with E-state index in [9.17, 15) is 9.59 Å². The molecule has 3 heteroatoms. The number of ketones is 1. The normalized spacial score (nSPS) is 13.4. The zero-order valence-corrected chi connectivity index (χ0v) is 10.8. The lowest BCUT2D eigenvalue weighted by Crippen LogP contribution is -2.30. The van der Waals surface area contributed by atoms with Gasteiger partial charge in [-0.05, 0) is 38.0 Å². The maximum absolute atomic E-state index is 11.9. The molecule has 0 saturated carbocycles. The van der Waals surface area contributed by atoms with E-state index < -0.39 is 11.7 Å². The van der Waals surface area contributed by atoms with Gasteiger partial charge in [0.15, 0.2) is 0 Å². The summed E-state index contributed by atoms with van der Waals surface area (Å²) in [6.45, 7) is 6.07. The summed E-state index contributed by atoms with van der Waals surface area (Å²) in [5.74, 6) is 4.88. The predicted octanol–water partition coefficient (Wildman–Crippen LogP) is 2.25. The van der Waals surface area contributed by atoms with Gasteiger partial charge in [-0.2, -0.15) is 0 Å². The Labute approximate surface area is 107 Å². The molecule has 1 heterocycles. The molecule has 18 heavy (non-hydrogen) atoms. The minimum absolute atomic E-state index is 0.396. The lowest BCUT2D eigenvalue weighted by molar-refractivity contribution is -0.114. The minimum atomic E-state index is -0.434. The SMILES string of the molecule is CC#CCCN1C(=O)C(=O)c2c(C)cc(C)cc21. The summed E-state index contributed by atoms with van der Waals surface area (Å²) in [6, 6.07) is 3.82. The third-order valence-electron chi connectivity index (χ3n) is 3.05. The molecule has 0 unspecified atom stereocenters. The topological polar surface area (TPSA) is 37.4 Å². The largest absolute Gasteiger partial charge is 0.304 e. The molecule has 0 atom stereocenters. The monoisotopic (exact) mass is 241 g/mol. The molecule has 3 nitrogen and oxygen atoms in total. The molecular weight excluding hydrogens is 226 g/mol. The Morgan fingerprint density at radius 2 is 1.94 bits per heavy atom. The smallest absolute Gasteiger partial charge is 0.299 e. The van der Waals surface area contributed by atoms with Crippen LogP contribution in [-0.2, 0) is 4.79 Å². The fourth-order valence-electron chi connectivity index (χ4n) is 2.31. The summed E-state index contributed by atoms with van der Waals surface area (Å²) in [7, 11) is 0. The molecule has 0 N–H and O–H groups in total. The van der Waals surface area contributed by atoms with Crippen LogP contribution < -0.4 is 4.90 Å². The van der Waals surface area contributed by atoms with Gasteiger partial charge < -0.3 is 4.90 Å². The number of carbonyl (C=O) groups excluding carboxylic acids is 2. The Hall–Kier alpha value is -2.08. The number of anilines is 1. The number of Topliss-reactive ketones (excluding diaryl/α,β-unsaturated/α-hetero) is 1. The molecule has 0 bridgehead atoms. The van der Waals surface area contributed by atoms with Crippen LogP contribution in [0.4, 0.5) is 5.69 Å². The number of carbonyl (C=O) groups is 2. The summed E-state index contributed by atoms with van der Waals surface area (Å²) in [4.78, 5) is 25.4. The van der Waals surface area contributed by atoms with Gasteiger partial charge in [0, 0.05) is 13.0 Å². The third-order valence-corrected chi connectivity index (χ3v) is 3.05. The molecule has 0 radical (unpaired) electrons. The molecule has 1 aromatic rings. The van der Waals surface area contributed by atoms with Gasteiger partial charge in [-0.15, -0.1) is 11.8 Å². The van der Waals surface area contributed by atoms with Crippen LogP contribution in [0, 0.1) is 25.7 Å². The molecule has 0 fully saturated rings. The number of nitrogens with zero attached hydrogens (tertiary/aromatic N) is 1. The molecule has 1 aliphatic rings. The van der Waals surface area contributed by atoms with E-state index >= 15 is 0 Å². The molecular formula is C15H15NO2. The first-order valence-corrected chi connectivity index (χ1v) is 5.93. The van der Waals surface area contributed by atoms with Crippen molar-refractivity contribution in [1.82, 2.24) is 0 Å². The second-order valence-electron chi connectivity index (χ2n) is 4.44. The summed E-state index contributed by atoms with van der Waals surface area (Å²) in [5, 5.41) is 0. The molecule has 92 valence electrons. The highest BCUT2D eigenvalue weighted by Gasteiger charge is 2.36. The molecule has 0 spiro atoms. The number of benzene rings is 1. The van der Waals surface area contributed by atoms with E-state index in [0.717, 1.165) is 16.8 Å². The molecule has 0 aliphatic carbocycles. The van der Waals surface area contributed by atoms with E-state index in [2.05, 4.69) is 11.8 Å². The Morgan fingerprint density at radius 3 is 2.61 bits per heavy atom. The van der Waals surface area contributed by atoms with Crippen molar-refractivity contribution in [3.05, 3.63) is 28.8 Å². The van der Waals surface area contributed by atoms with Crippen LogP contribution in [0.1, 0.15) is 34.8 Å². The van der Waals surface area contributed by atoms with Crippen molar-refractivity contribution in [3.8, 4) is 11.8 Å².